The number of benzene rings is 1. The van der Waals surface area contributed by atoms with Gasteiger partial charge in [-0.1, -0.05) is 12.2 Å². The molecule has 1 heterocycles. The van der Waals surface area contributed by atoms with E-state index in [0.717, 1.165) is 6.07 Å². The van der Waals surface area contributed by atoms with Crippen LogP contribution in [0.4, 0.5) is 13.2 Å². The normalized spacial score (nSPS) is 11.7. The van der Waals surface area contributed by atoms with Crippen LogP contribution in [0.5, 0.6) is 0 Å². The highest BCUT2D eigenvalue weighted by molar-refractivity contribution is 5.94. The van der Waals surface area contributed by atoms with Gasteiger partial charge in [-0.2, -0.15) is 13.2 Å². The van der Waals surface area contributed by atoms with E-state index < -0.39 is 17.7 Å². The summed E-state index contributed by atoms with van der Waals surface area (Å²) < 4.78 is 49.1. The number of rotatable bonds is 3. The van der Waals surface area contributed by atoms with Gasteiger partial charge in [-0.25, -0.2) is 4.79 Å². The maximum Gasteiger partial charge on any atom is 0.420 e. The second kappa shape index (κ2) is 5.27. The van der Waals surface area contributed by atoms with Gasteiger partial charge in [0, 0.05) is 5.39 Å². The van der Waals surface area contributed by atoms with Crippen molar-refractivity contribution in [2.45, 2.75) is 20.0 Å². The highest BCUT2D eigenvalue weighted by Crippen LogP contribution is 2.38. The van der Waals surface area contributed by atoms with Crippen molar-refractivity contribution < 1.29 is 27.1 Å². The number of furan rings is 1. The minimum absolute atomic E-state index is 0.110. The molecular formula is C15H13F3O3. The topological polar surface area (TPSA) is 39.4 Å². The molecule has 1 aromatic heterocycles. The molecule has 0 atom stereocenters. The molecule has 2 aromatic rings. The van der Waals surface area contributed by atoms with E-state index >= 15 is 0 Å². The molecule has 0 saturated carbocycles. The fraction of sp³-hybridized carbons (Fsp3) is 0.267. The SMILES string of the molecule is C=C(C)c1cc(C(F)(F)F)c2oc(C(=O)OCC)cc2c1. The molecule has 0 aliphatic heterocycles. The largest absolute Gasteiger partial charge is 0.460 e. The van der Waals surface area contributed by atoms with Gasteiger partial charge in [-0.05, 0) is 37.6 Å². The molecule has 0 unspecified atom stereocenters. The summed E-state index contributed by atoms with van der Waals surface area (Å²) in [4.78, 5) is 11.6. The Bertz CT molecular complexity index is 711. The van der Waals surface area contributed by atoms with Crippen LogP contribution in [-0.4, -0.2) is 12.6 Å². The number of esters is 1. The number of carbonyl (C=O) groups excluding carboxylic acids is 1. The fourth-order valence-corrected chi connectivity index (χ4v) is 1.91. The maximum atomic E-state index is 13.1. The van der Waals surface area contributed by atoms with Crippen molar-refractivity contribution in [3.05, 3.63) is 41.7 Å². The predicted molar refractivity (Wildman–Crippen MR) is 71.9 cm³/mol. The standard InChI is InChI=1S/C15H13F3O3/c1-4-20-14(19)12-7-10-5-9(8(2)3)6-11(13(10)21-12)15(16,17)18/h5-7H,2,4H2,1,3H3. The van der Waals surface area contributed by atoms with E-state index in [1.807, 2.05) is 0 Å². The van der Waals surface area contributed by atoms with Crippen molar-refractivity contribution in [2.24, 2.45) is 0 Å². The number of allylic oxidation sites excluding steroid dienone is 1. The lowest BCUT2D eigenvalue weighted by Gasteiger charge is -2.09. The smallest absolute Gasteiger partial charge is 0.420 e. The molecule has 0 amide bonds. The van der Waals surface area contributed by atoms with Crippen molar-refractivity contribution in [3.63, 3.8) is 0 Å². The molecule has 1 aromatic carbocycles. The van der Waals surface area contributed by atoms with Crippen molar-refractivity contribution in [2.75, 3.05) is 6.61 Å². The summed E-state index contributed by atoms with van der Waals surface area (Å²) >= 11 is 0. The third-order valence-electron chi connectivity index (χ3n) is 2.89. The maximum absolute atomic E-state index is 13.1. The monoisotopic (exact) mass is 298 g/mol. The Balaban J connectivity index is 2.69. The molecule has 0 aliphatic carbocycles. The zero-order valence-corrected chi connectivity index (χ0v) is 11.5. The van der Waals surface area contributed by atoms with Gasteiger partial charge < -0.3 is 9.15 Å². The van der Waals surface area contributed by atoms with Crippen LogP contribution in [-0.2, 0) is 10.9 Å². The predicted octanol–water partition coefficient (Wildman–Crippen LogP) is 4.66. The fourth-order valence-electron chi connectivity index (χ4n) is 1.91. The van der Waals surface area contributed by atoms with Crippen molar-refractivity contribution >= 4 is 22.5 Å². The van der Waals surface area contributed by atoms with Crippen LogP contribution in [0.3, 0.4) is 0 Å². The van der Waals surface area contributed by atoms with Crippen LogP contribution in [0.25, 0.3) is 16.5 Å². The number of halogens is 3. The molecule has 0 fully saturated rings. The van der Waals surface area contributed by atoms with Crippen LogP contribution in [0.2, 0.25) is 0 Å². The minimum Gasteiger partial charge on any atom is -0.460 e. The summed E-state index contributed by atoms with van der Waals surface area (Å²) in [5.74, 6) is -1.05. The number of hydrogen-bond donors (Lipinski definition) is 0. The van der Waals surface area contributed by atoms with Gasteiger partial charge in [0.05, 0.1) is 12.2 Å². The van der Waals surface area contributed by atoms with Gasteiger partial charge in [0.25, 0.3) is 0 Å². The van der Waals surface area contributed by atoms with Crippen molar-refractivity contribution in [3.8, 4) is 0 Å². The molecule has 0 spiro atoms. The van der Waals surface area contributed by atoms with Crippen LogP contribution >= 0.6 is 0 Å². The van der Waals surface area contributed by atoms with E-state index in [-0.39, 0.29) is 23.3 Å². The molecular weight excluding hydrogens is 285 g/mol. The lowest BCUT2D eigenvalue weighted by Crippen LogP contribution is -2.06. The van der Waals surface area contributed by atoms with Gasteiger partial charge in [0.1, 0.15) is 5.58 Å². The molecule has 21 heavy (non-hydrogen) atoms. The quantitative estimate of drug-likeness (QED) is 0.773. The molecule has 0 saturated heterocycles. The number of ether oxygens (including phenoxy) is 1. The average molecular weight is 298 g/mol. The second-order valence-corrected chi connectivity index (χ2v) is 4.55. The van der Waals surface area contributed by atoms with Crippen LogP contribution in [0, 0.1) is 0 Å². The number of hydrogen-bond acceptors (Lipinski definition) is 3. The van der Waals surface area contributed by atoms with E-state index in [2.05, 4.69) is 6.58 Å². The first-order chi connectivity index (χ1) is 9.74. The summed E-state index contributed by atoms with van der Waals surface area (Å²) in [6, 6.07) is 3.71. The molecule has 2 rings (SSSR count). The Morgan fingerprint density at radius 3 is 2.52 bits per heavy atom. The Kier molecular flexibility index (Phi) is 3.80. The van der Waals surface area contributed by atoms with Crippen LogP contribution in [0.15, 0.2) is 29.2 Å². The van der Waals surface area contributed by atoms with Crippen LogP contribution in [0.1, 0.15) is 35.5 Å². The van der Waals surface area contributed by atoms with Crippen LogP contribution < -0.4 is 0 Å². The summed E-state index contributed by atoms with van der Waals surface area (Å²) in [6.07, 6.45) is -4.59. The Labute approximate surface area is 119 Å². The van der Waals surface area contributed by atoms with E-state index in [1.165, 1.54) is 12.1 Å². The lowest BCUT2D eigenvalue weighted by atomic mass is 10.0. The first-order valence-corrected chi connectivity index (χ1v) is 6.21. The number of alkyl halides is 3. The van der Waals surface area contributed by atoms with E-state index in [9.17, 15) is 18.0 Å². The highest BCUT2D eigenvalue weighted by atomic mass is 19.4. The van der Waals surface area contributed by atoms with Gasteiger partial charge in [-0.3, -0.25) is 0 Å². The number of fused-ring (bicyclic) bond motifs is 1. The van der Waals surface area contributed by atoms with E-state index in [0.29, 0.717) is 11.1 Å². The average Bonchev–Trinajstić information content (AvgIpc) is 2.80. The summed E-state index contributed by atoms with van der Waals surface area (Å²) in [6.45, 7) is 6.95. The second-order valence-electron chi connectivity index (χ2n) is 4.55. The molecule has 0 bridgehead atoms. The van der Waals surface area contributed by atoms with Crippen molar-refractivity contribution in [1.82, 2.24) is 0 Å². The molecule has 0 aliphatic rings. The molecule has 6 heteroatoms. The molecule has 112 valence electrons. The lowest BCUT2D eigenvalue weighted by molar-refractivity contribution is -0.136. The summed E-state index contributed by atoms with van der Waals surface area (Å²) in [7, 11) is 0. The zero-order chi connectivity index (χ0) is 15.8. The van der Waals surface area contributed by atoms with Gasteiger partial charge >= 0.3 is 12.1 Å². The molecule has 3 nitrogen and oxygen atoms in total. The Hall–Kier alpha value is -2.24. The molecule has 0 radical (unpaired) electrons. The zero-order valence-electron chi connectivity index (χ0n) is 11.5. The minimum atomic E-state index is -4.59. The molecule has 0 N–H and O–H groups in total. The summed E-state index contributed by atoms with van der Waals surface area (Å²) in [5, 5.41) is 0.186. The first kappa shape index (κ1) is 15.2. The first-order valence-electron chi connectivity index (χ1n) is 6.21. The van der Waals surface area contributed by atoms with Gasteiger partial charge in [0.2, 0.25) is 5.76 Å². The summed E-state index contributed by atoms with van der Waals surface area (Å²) in [5.41, 5.74) is -0.489. The third-order valence-corrected chi connectivity index (χ3v) is 2.89. The van der Waals surface area contributed by atoms with E-state index in [4.69, 9.17) is 9.15 Å². The Morgan fingerprint density at radius 1 is 1.33 bits per heavy atom. The number of carbonyl (C=O) groups is 1. The highest BCUT2D eigenvalue weighted by Gasteiger charge is 2.35. The van der Waals surface area contributed by atoms with E-state index in [1.54, 1.807) is 13.8 Å². The third kappa shape index (κ3) is 2.94. The van der Waals surface area contributed by atoms with Crippen molar-refractivity contribution in [1.29, 1.82) is 0 Å². The van der Waals surface area contributed by atoms with Gasteiger partial charge in [0.15, 0.2) is 0 Å². The van der Waals surface area contributed by atoms with Gasteiger partial charge in [-0.15, -0.1) is 0 Å². The Morgan fingerprint density at radius 2 is 2.00 bits per heavy atom.